The molecular formula is C19H13NO6. The normalized spacial score (nSPS) is 16.9. The van der Waals surface area contributed by atoms with Crippen LogP contribution in [0.1, 0.15) is 28.8 Å². The van der Waals surface area contributed by atoms with Gasteiger partial charge in [-0.1, -0.05) is 12.1 Å². The number of benzene rings is 2. The van der Waals surface area contributed by atoms with Crippen molar-refractivity contribution in [1.29, 1.82) is 0 Å². The molecule has 0 radical (unpaired) electrons. The summed E-state index contributed by atoms with van der Waals surface area (Å²) in [7, 11) is 0. The van der Waals surface area contributed by atoms with Gasteiger partial charge in [0.2, 0.25) is 5.78 Å². The van der Waals surface area contributed by atoms with Gasteiger partial charge >= 0.3 is 5.97 Å². The zero-order chi connectivity index (χ0) is 18.3. The molecule has 2 aliphatic rings. The van der Waals surface area contributed by atoms with E-state index in [9.17, 15) is 19.7 Å². The van der Waals surface area contributed by atoms with E-state index in [1.807, 2.05) is 0 Å². The predicted molar refractivity (Wildman–Crippen MR) is 90.8 cm³/mol. The Morgan fingerprint density at radius 1 is 1.23 bits per heavy atom. The minimum absolute atomic E-state index is 0.0323. The Bertz CT molecular complexity index is 974. The SMILES string of the molecule is O=C1C(=Cc2cccc([N+](=O)[O-])c2)Oc2cc(OC(=O)C3CC3)ccc21. The number of allylic oxidation sites excluding steroid dienone is 1. The van der Waals surface area contributed by atoms with E-state index >= 15 is 0 Å². The number of nitro groups is 1. The topological polar surface area (TPSA) is 95.7 Å². The standard InChI is InChI=1S/C19H13NO6/c21-18-15-7-6-14(25-19(22)12-4-5-12)10-16(15)26-17(18)9-11-2-1-3-13(8-11)20(23)24/h1-3,6-10,12H,4-5H2. The van der Waals surface area contributed by atoms with Crippen LogP contribution in [0.5, 0.6) is 11.5 Å². The lowest BCUT2D eigenvalue weighted by Gasteiger charge is -2.04. The Morgan fingerprint density at radius 2 is 2.04 bits per heavy atom. The molecule has 2 aromatic carbocycles. The number of fused-ring (bicyclic) bond motifs is 1. The van der Waals surface area contributed by atoms with Gasteiger partial charge in [0.15, 0.2) is 5.76 Å². The summed E-state index contributed by atoms with van der Waals surface area (Å²) in [5.41, 5.74) is 0.764. The molecule has 0 spiro atoms. The van der Waals surface area contributed by atoms with E-state index in [1.165, 1.54) is 30.3 Å². The van der Waals surface area contributed by atoms with Crippen LogP contribution < -0.4 is 9.47 Å². The number of Topliss-reactive ketones (excluding diaryl/α,β-unsaturated/α-hetero) is 1. The number of carbonyl (C=O) groups is 2. The summed E-state index contributed by atoms with van der Waals surface area (Å²) in [5, 5.41) is 10.9. The van der Waals surface area contributed by atoms with Crippen molar-refractivity contribution in [2.75, 3.05) is 0 Å². The number of non-ortho nitro benzene ring substituents is 1. The number of esters is 1. The van der Waals surface area contributed by atoms with Crippen LogP contribution in [-0.2, 0) is 4.79 Å². The molecule has 26 heavy (non-hydrogen) atoms. The minimum atomic E-state index is -0.505. The number of nitrogens with zero attached hydrogens (tertiary/aromatic N) is 1. The van der Waals surface area contributed by atoms with Gasteiger partial charge in [-0.2, -0.15) is 0 Å². The zero-order valence-electron chi connectivity index (χ0n) is 13.5. The summed E-state index contributed by atoms with van der Waals surface area (Å²) in [6, 6.07) is 10.5. The van der Waals surface area contributed by atoms with Gasteiger partial charge in [0.25, 0.3) is 5.69 Å². The predicted octanol–water partition coefficient (Wildman–Crippen LogP) is 3.53. The van der Waals surface area contributed by atoms with Crippen LogP contribution in [0.15, 0.2) is 48.2 Å². The molecule has 0 amide bonds. The molecular weight excluding hydrogens is 338 g/mol. The Morgan fingerprint density at radius 3 is 2.77 bits per heavy atom. The molecule has 0 aromatic heterocycles. The minimum Gasteiger partial charge on any atom is -0.452 e. The Kier molecular flexibility index (Phi) is 3.76. The number of hydrogen-bond donors (Lipinski definition) is 0. The molecule has 1 saturated carbocycles. The summed E-state index contributed by atoms with van der Waals surface area (Å²) in [6.07, 6.45) is 3.13. The molecule has 4 rings (SSSR count). The second-order valence-corrected chi connectivity index (χ2v) is 6.15. The first-order valence-corrected chi connectivity index (χ1v) is 8.06. The fraction of sp³-hybridized carbons (Fsp3) is 0.158. The highest BCUT2D eigenvalue weighted by atomic mass is 16.6. The van der Waals surface area contributed by atoms with Gasteiger partial charge in [0.05, 0.1) is 16.4 Å². The number of ketones is 1. The van der Waals surface area contributed by atoms with Crippen molar-refractivity contribution in [3.8, 4) is 11.5 Å². The molecule has 0 saturated heterocycles. The second kappa shape index (κ2) is 6.11. The number of nitro benzene ring substituents is 1. The van der Waals surface area contributed by atoms with Gasteiger partial charge in [0, 0.05) is 18.2 Å². The third-order valence-corrected chi connectivity index (χ3v) is 4.15. The smallest absolute Gasteiger partial charge is 0.314 e. The fourth-order valence-corrected chi connectivity index (χ4v) is 2.63. The first-order valence-electron chi connectivity index (χ1n) is 8.06. The maximum atomic E-state index is 12.4. The van der Waals surface area contributed by atoms with Crippen LogP contribution in [0, 0.1) is 16.0 Å². The maximum Gasteiger partial charge on any atom is 0.314 e. The summed E-state index contributed by atoms with van der Waals surface area (Å²) < 4.78 is 10.8. The number of carbonyl (C=O) groups excluding carboxylic acids is 2. The lowest BCUT2D eigenvalue weighted by atomic mass is 10.1. The van der Waals surface area contributed by atoms with Crippen molar-refractivity contribution in [2.45, 2.75) is 12.8 Å². The number of hydrogen-bond acceptors (Lipinski definition) is 6. The zero-order valence-corrected chi connectivity index (χ0v) is 13.5. The Hall–Kier alpha value is -3.48. The summed E-state index contributed by atoms with van der Waals surface area (Å²) in [5.74, 6) is 0.0485. The van der Waals surface area contributed by atoms with Gasteiger partial charge in [0.1, 0.15) is 11.5 Å². The molecule has 7 heteroatoms. The van der Waals surface area contributed by atoms with Gasteiger partial charge in [-0.25, -0.2) is 0 Å². The van der Waals surface area contributed by atoms with Crippen LogP contribution in [0.3, 0.4) is 0 Å². The van der Waals surface area contributed by atoms with Gasteiger partial charge in [-0.15, -0.1) is 0 Å². The summed E-state index contributed by atoms with van der Waals surface area (Å²) in [6.45, 7) is 0. The van der Waals surface area contributed by atoms with E-state index in [1.54, 1.807) is 18.2 Å². The maximum absolute atomic E-state index is 12.4. The molecule has 1 heterocycles. The molecule has 0 atom stereocenters. The summed E-state index contributed by atoms with van der Waals surface area (Å²) >= 11 is 0. The van der Waals surface area contributed by atoms with Crippen molar-refractivity contribution in [3.05, 3.63) is 69.5 Å². The largest absolute Gasteiger partial charge is 0.452 e. The number of rotatable bonds is 4. The van der Waals surface area contributed by atoms with Gasteiger partial charge in [-0.3, -0.25) is 19.7 Å². The van der Waals surface area contributed by atoms with Crippen LogP contribution in [-0.4, -0.2) is 16.7 Å². The average molecular weight is 351 g/mol. The third kappa shape index (κ3) is 3.06. The van der Waals surface area contributed by atoms with E-state index in [2.05, 4.69) is 0 Å². The molecule has 1 aliphatic carbocycles. The van der Waals surface area contributed by atoms with Gasteiger partial charge in [-0.05, 0) is 36.6 Å². The third-order valence-electron chi connectivity index (χ3n) is 4.15. The van der Waals surface area contributed by atoms with E-state index in [0.717, 1.165) is 12.8 Å². The first-order chi connectivity index (χ1) is 12.5. The molecule has 0 N–H and O–H groups in total. The Labute approximate surface area is 148 Å². The molecule has 1 fully saturated rings. The molecule has 1 aliphatic heterocycles. The van der Waals surface area contributed by atoms with Crippen molar-refractivity contribution in [3.63, 3.8) is 0 Å². The lowest BCUT2D eigenvalue weighted by Crippen LogP contribution is -2.09. The van der Waals surface area contributed by atoms with E-state index in [0.29, 0.717) is 22.6 Å². The monoisotopic (exact) mass is 351 g/mol. The van der Waals surface area contributed by atoms with E-state index < -0.39 is 4.92 Å². The number of ether oxygens (including phenoxy) is 2. The van der Waals surface area contributed by atoms with Crippen LogP contribution in [0.4, 0.5) is 5.69 Å². The molecule has 2 aromatic rings. The van der Waals surface area contributed by atoms with Crippen molar-refractivity contribution < 1.29 is 24.0 Å². The average Bonchev–Trinajstić information content (AvgIpc) is 3.42. The van der Waals surface area contributed by atoms with Crippen molar-refractivity contribution in [1.82, 2.24) is 0 Å². The lowest BCUT2D eigenvalue weighted by molar-refractivity contribution is -0.384. The molecule has 0 unspecified atom stereocenters. The molecule has 7 nitrogen and oxygen atoms in total. The van der Waals surface area contributed by atoms with Crippen molar-refractivity contribution >= 4 is 23.5 Å². The second-order valence-electron chi connectivity index (χ2n) is 6.15. The highest BCUT2D eigenvalue weighted by molar-refractivity contribution is 6.14. The van der Waals surface area contributed by atoms with Crippen LogP contribution in [0.2, 0.25) is 0 Å². The Balaban J connectivity index is 1.58. The van der Waals surface area contributed by atoms with Crippen molar-refractivity contribution in [2.24, 2.45) is 5.92 Å². The molecule has 0 bridgehead atoms. The highest BCUT2D eigenvalue weighted by Gasteiger charge is 2.32. The van der Waals surface area contributed by atoms with Crippen LogP contribution >= 0.6 is 0 Å². The van der Waals surface area contributed by atoms with Crippen LogP contribution in [0.25, 0.3) is 6.08 Å². The fourth-order valence-electron chi connectivity index (χ4n) is 2.63. The summed E-state index contributed by atoms with van der Waals surface area (Å²) in [4.78, 5) is 34.5. The molecule has 130 valence electrons. The van der Waals surface area contributed by atoms with Gasteiger partial charge < -0.3 is 9.47 Å². The van der Waals surface area contributed by atoms with E-state index in [-0.39, 0.29) is 29.1 Å². The quantitative estimate of drug-likeness (QED) is 0.275. The van der Waals surface area contributed by atoms with E-state index in [4.69, 9.17) is 9.47 Å². The highest BCUT2D eigenvalue weighted by Crippen LogP contribution is 2.36. The first kappa shape index (κ1) is 16.0.